The van der Waals surface area contributed by atoms with Crippen LogP contribution < -0.4 is 5.32 Å². The Kier molecular flexibility index (Phi) is 3.61. The van der Waals surface area contributed by atoms with Gasteiger partial charge < -0.3 is 10.3 Å². The molecule has 0 aromatic carbocycles. The molecule has 6 heteroatoms. The van der Waals surface area contributed by atoms with Gasteiger partial charge in [-0.1, -0.05) is 0 Å². The molecule has 1 aliphatic heterocycles. The number of hydrogen-bond donors (Lipinski definition) is 2. The fourth-order valence-electron chi connectivity index (χ4n) is 2.11. The lowest BCUT2D eigenvalue weighted by atomic mass is 10.2. The monoisotopic (exact) mass is 293 g/mol. The smallest absolute Gasteiger partial charge is 0.261 e. The van der Waals surface area contributed by atoms with Crippen LogP contribution in [0.25, 0.3) is 0 Å². The van der Waals surface area contributed by atoms with Crippen molar-refractivity contribution >= 4 is 29.0 Å². The van der Waals surface area contributed by atoms with Gasteiger partial charge in [-0.25, -0.2) is 4.98 Å². The third-order valence-electron chi connectivity index (χ3n) is 3.13. The van der Waals surface area contributed by atoms with E-state index in [0.29, 0.717) is 0 Å². The molecule has 0 aliphatic carbocycles. The third kappa shape index (κ3) is 2.69. The van der Waals surface area contributed by atoms with Crippen molar-refractivity contribution in [1.29, 1.82) is 0 Å². The van der Waals surface area contributed by atoms with Crippen LogP contribution in [-0.4, -0.2) is 21.6 Å². The summed E-state index contributed by atoms with van der Waals surface area (Å²) in [6.45, 7) is 1.93. The molecule has 2 aromatic heterocycles. The average molecular weight is 293 g/mol. The van der Waals surface area contributed by atoms with Crippen LogP contribution in [0.3, 0.4) is 0 Å². The first-order valence-corrected chi connectivity index (χ1v) is 8.20. The molecule has 1 unspecified atom stereocenters. The number of aromatic amines is 1. The van der Waals surface area contributed by atoms with Crippen LogP contribution in [0.4, 0.5) is 0 Å². The van der Waals surface area contributed by atoms with Gasteiger partial charge in [0.25, 0.3) is 5.91 Å². The van der Waals surface area contributed by atoms with Gasteiger partial charge in [0, 0.05) is 23.0 Å². The second-order valence-electron chi connectivity index (χ2n) is 4.53. The van der Waals surface area contributed by atoms with Crippen LogP contribution in [0.15, 0.2) is 18.5 Å². The zero-order valence-electron chi connectivity index (χ0n) is 10.6. The molecule has 3 rings (SSSR count). The highest BCUT2D eigenvalue weighted by Crippen LogP contribution is 2.31. The number of rotatable bonds is 3. The maximum Gasteiger partial charge on any atom is 0.261 e. The SMILES string of the molecule is CC(NC(=O)c1cc2c(s1)CCSC2)c1ncc[nH]1. The molecule has 1 atom stereocenters. The molecule has 4 nitrogen and oxygen atoms in total. The molecule has 1 aliphatic rings. The number of nitrogens with one attached hydrogen (secondary N) is 2. The van der Waals surface area contributed by atoms with E-state index in [4.69, 9.17) is 0 Å². The van der Waals surface area contributed by atoms with Crippen molar-refractivity contribution in [1.82, 2.24) is 15.3 Å². The number of imidazole rings is 1. The predicted molar refractivity (Wildman–Crippen MR) is 78.7 cm³/mol. The number of H-pyrrole nitrogens is 1. The molecular formula is C13H15N3OS2. The summed E-state index contributed by atoms with van der Waals surface area (Å²) in [5.41, 5.74) is 1.33. The predicted octanol–water partition coefficient (Wildman–Crippen LogP) is 2.75. The Bertz CT molecular complexity index is 553. The molecule has 0 fully saturated rings. The topological polar surface area (TPSA) is 57.8 Å². The quantitative estimate of drug-likeness (QED) is 0.915. The van der Waals surface area contributed by atoms with Crippen molar-refractivity contribution < 1.29 is 4.79 Å². The van der Waals surface area contributed by atoms with Crippen LogP contribution in [0.1, 0.15) is 38.9 Å². The highest BCUT2D eigenvalue weighted by Gasteiger charge is 2.19. The maximum absolute atomic E-state index is 12.2. The summed E-state index contributed by atoms with van der Waals surface area (Å²) < 4.78 is 0. The fourth-order valence-corrected chi connectivity index (χ4v) is 4.38. The highest BCUT2D eigenvalue weighted by molar-refractivity contribution is 7.98. The van der Waals surface area contributed by atoms with E-state index in [-0.39, 0.29) is 11.9 Å². The lowest BCUT2D eigenvalue weighted by molar-refractivity contribution is 0.0942. The largest absolute Gasteiger partial charge is 0.347 e. The Balaban J connectivity index is 1.72. The van der Waals surface area contributed by atoms with E-state index in [1.165, 1.54) is 10.4 Å². The molecular weight excluding hydrogens is 278 g/mol. The van der Waals surface area contributed by atoms with Gasteiger partial charge in [-0.05, 0) is 30.7 Å². The number of amides is 1. The van der Waals surface area contributed by atoms with E-state index in [9.17, 15) is 4.79 Å². The van der Waals surface area contributed by atoms with Crippen molar-refractivity contribution in [3.05, 3.63) is 39.6 Å². The summed E-state index contributed by atoms with van der Waals surface area (Å²) in [5.74, 6) is 2.98. The van der Waals surface area contributed by atoms with Gasteiger partial charge in [-0.15, -0.1) is 11.3 Å². The first-order valence-electron chi connectivity index (χ1n) is 6.23. The zero-order chi connectivity index (χ0) is 13.2. The lowest BCUT2D eigenvalue weighted by Gasteiger charge is -2.10. The van der Waals surface area contributed by atoms with Gasteiger partial charge in [0.2, 0.25) is 0 Å². The van der Waals surface area contributed by atoms with Gasteiger partial charge in [-0.2, -0.15) is 11.8 Å². The van der Waals surface area contributed by atoms with Crippen molar-refractivity contribution in [2.75, 3.05) is 5.75 Å². The molecule has 2 aromatic rings. The number of aryl methyl sites for hydroxylation is 1. The number of thioether (sulfide) groups is 1. The maximum atomic E-state index is 12.2. The lowest BCUT2D eigenvalue weighted by Crippen LogP contribution is -2.26. The number of carbonyl (C=O) groups excluding carboxylic acids is 1. The molecule has 0 spiro atoms. The Labute approximate surface area is 120 Å². The van der Waals surface area contributed by atoms with Gasteiger partial charge in [0.15, 0.2) is 0 Å². The summed E-state index contributed by atoms with van der Waals surface area (Å²) in [6, 6.07) is 1.94. The number of nitrogens with zero attached hydrogens (tertiary/aromatic N) is 1. The molecule has 19 heavy (non-hydrogen) atoms. The second-order valence-corrected chi connectivity index (χ2v) is 6.77. The van der Waals surface area contributed by atoms with Crippen molar-refractivity contribution in [2.24, 2.45) is 0 Å². The number of aromatic nitrogens is 2. The van der Waals surface area contributed by atoms with Crippen LogP contribution in [0.2, 0.25) is 0 Å². The Morgan fingerprint density at radius 2 is 2.47 bits per heavy atom. The normalized spacial score (nSPS) is 15.8. The molecule has 0 saturated carbocycles. The van der Waals surface area contributed by atoms with Gasteiger partial charge in [-0.3, -0.25) is 4.79 Å². The summed E-state index contributed by atoms with van der Waals surface area (Å²) in [6.07, 6.45) is 4.55. The van der Waals surface area contributed by atoms with E-state index < -0.39 is 0 Å². The number of carbonyl (C=O) groups is 1. The Hall–Kier alpha value is -1.27. The van der Waals surface area contributed by atoms with Crippen LogP contribution in [-0.2, 0) is 12.2 Å². The molecule has 3 heterocycles. The van der Waals surface area contributed by atoms with Crippen molar-refractivity contribution in [2.45, 2.75) is 25.1 Å². The minimum atomic E-state index is -0.101. The minimum absolute atomic E-state index is 0.00620. The molecule has 100 valence electrons. The van der Waals surface area contributed by atoms with Gasteiger partial charge >= 0.3 is 0 Å². The standard InChI is InChI=1S/C13H15N3OS2/c1-8(12-14-3-4-15-12)16-13(17)11-6-9-7-18-5-2-10(9)19-11/h3-4,6,8H,2,5,7H2,1H3,(H,14,15)(H,16,17). The molecule has 0 radical (unpaired) electrons. The van der Waals surface area contributed by atoms with E-state index in [0.717, 1.165) is 28.6 Å². The summed E-state index contributed by atoms with van der Waals surface area (Å²) in [7, 11) is 0. The number of thiophene rings is 1. The van der Waals surface area contributed by atoms with E-state index >= 15 is 0 Å². The third-order valence-corrected chi connectivity index (χ3v) is 5.37. The number of hydrogen-bond acceptors (Lipinski definition) is 4. The average Bonchev–Trinajstić information content (AvgIpc) is 3.07. The van der Waals surface area contributed by atoms with Gasteiger partial charge in [0.1, 0.15) is 5.82 Å². The minimum Gasteiger partial charge on any atom is -0.347 e. The first-order chi connectivity index (χ1) is 9.24. The van der Waals surface area contributed by atoms with Crippen molar-refractivity contribution in [3.63, 3.8) is 0 Å². The fraction of sp³-hybridized carbons (Fsp3) is 0.385. The van der Waals surface area contributed by atoms with Crippen LogP contribution in [0, 0.1) is 0 Å². The molecule has 0 bridgehead atoms. The van der Waals surface area contributed by atoms with E-state index in [1.54, 1.807) is 23.7 Å². The summed E-state index contributed by atoms with van der Waals surface area (Å²) in [5, 5.41) is 2.98. The Morgan fingerprint density at radius 3 is 3.21 bits per heavy atom. The molecule has 1 amide bonds. The van der Waals surface area contributed by atoms with E-state index in [2.05, 4.69) is 15.3 Å². The van der Waals surface area contributed by atoms with Crippen LogP contribution in [0.5, 0.6) is 0 Å². The van der Waals surface area contributed by atoms with Gasteiger partial charge in [0.05, 0.1) is 10.9 Å². The molecule has 0 saturated heterocycles. The van der Waals surface area contributed by atoms with Crippen molar-refractivity contribution in [3.8, 4) is 0 Å². The zero-order valence-corrected chi connectivity index (χ0v) is 12.2. The highest BCUT2D eigenvalue weighted by atomic mass is 32.2. The first kappa shape index (κ1) is 12.7. The van der Waals surface area contributed by atoms with E-state index in [1.807, 2.05) is 24.8 Å². The number of fused-ring (bicyclic) bond motifs is 1. The second kappa shape index (κ2) is 5.38. The summed E-state index contributed by atoms with van der Waals surface area (Å²) >= 11 is 3.56. The molecule has 2 N–H and O–H groups in total. The Morgan fingerprint density at radius 1 is 1.58 bits per heavy atom. The van der Waals surface area contributed by atoms with Crippen LogP contribution >= 0.6 is 23.1 Å². The summed E-state index contributed by atoms with van der Waals surface area (Å²) in [4.78, 5) is 21.6.